The van der Waals surface area contributed by atoms with Crippen molar-refractivity contribution in [3.05, 3.63) is 29.6 Å². The SMILES string of the molecule is CCCNC(C)c1c(F)cccc1N1CC(C)CCC1C. The van der Waals surface area contributed by atoms with E-state index in [2.05, 4.69) is 44.0 Å². The number of nitrogens with one attached hydrogen (secondary N) is 1. The van der Waals surface area contributed by atoms with E-state index >= 15 is 0 Å². The Labute approximate surface area is 128 Å². The van der Waals surface area contributed by atoms with Crippen molar-refractivity contribution in [2.24, 2.45) is 5.92 Å². The number of halogens is 1. The summed E-state index contributed by atoms with van der Waals surface area (Å²) in [5, 5.41) is 3.43. The van der Waals surface area contributed by atoms with Gasteiger partial charge in [0.15, 0.2) is 0 Å². The zero-order valence-corrected chi connectivity index (χ0v) is 13.8. The first kappa shape index (κ1) is 16.3. The van der Waals surface area contributed by atoms with Crippen LogP contribution in [0.25, 0.3) is 0 Å². The van der Waals surface area contributed by atoms with Crippen molar-refractivity contribution in [3.63, 3.8) is 0 Å². The minimum absolute atomic E-state index is 0.0468. The third-order valence-electron chi connectivity index (χ3n) is 4.59. The van der Waals surface area contributed by atoms with Crippen LogP contribution in [0.2, 0.25) is 0 Å². The lowest BCUT2D eigenvalue weighted by Gasteiger charge is -2.40. The maximum atomic E-state index is 14.4. The first-order chi connectivity index (χ1) is 10.0. The lowest BCUT2D eigenvalue weighted by Crippen LogP contribution is -2.42. The molecule has 0 bridgehead atoms. The van der Waals surface area contributed by atoms with Crippen molar-refractivity contribution in [2.75, 3.05) is 18.0 Å². The molecule has 0 aromatic heterocycles. The van der Waals surface area contributed by atoms with E-state index < -0.39 is 0 Å². The Bertz CT molecular complexity index is 461. The first-order valence-electron chi connectivity index (χ1n) is 8.33. The van der Waals surface area contributed by atoms with E-state index in [1.807, 2.05) is 6.07 Å². The van der Waals surface area contributed by atoms with E-state index in [0.29, 0.717) is 12.0 Å². The highest BCUT2D eigenvalue weighted by Crippen LogP contribution is 2.34. The molecule has 1 aliphatic heterocycles. The van der Waals surface area contributed by atoms with Crippen molar-refractivity contribution >= 4 is 5.69 Å². The third kappa shape index (κ3) is 3.76. The molecule has 3 atom stereocenters. The molecule has 2 nitrogen and oxygen atoms in total. The van der Waals surface area contributed by atoms with Gasteiger partial charge in [0.1, 0.15) is 5.82 Å². The van der Waals surface area contributed by atoms with Gasteiger partial charge in [-0.3, -0.25) is 0 Å². The fourth-order valence-electron chi connectivity index (χ4n) is 3.29. The zero-order chi connectivity index (χ0) is 15.4. The average molecular weight is 292 g/mol. The maximum absolute atomic E-state index is 14.4. The summed E-state index contributed by atoms with van der Waals surface area (Å²) in [5.74, 6) is 0.588. The van der Waals surface area contributed by atoms with Crippen LogP contribution in [0.4, 0.5) is 10.1 Å². The van der Waals surface area contributed by atoms with Gasteiger partial charge in [-0.25, -0.2) is 4.39 Å². The summed E-state index contributed by atoms with van der Waals surface area (Å²) >= 11 is 0. The molecular formula is C18H29FN2. The maximum Gasteiger partial charge on any atom is 0.130 e. The summed E-state index contributed by atoms with van der Waals surface area (Å²) < 4.78 is 14.4. The average Bonchev–Trinajstić information content (AvgIpc) is 2.47. The second-order valence-electron chi connectivity index (χ2n) is 6.53. The highest BCUT2D eigenvalue weighted by Gasteiger charge is 2.27. The highest BCUT2D eigenvalue weighted by atomic mass is 19.1. The minimum Gasteiger partial charge on any atom is -0.368 e. The second kappa shape index (κ2) is 7.26. The number of piperidine rings is 1. The number of rotatable bonds is 5. The standard InChI is InChI=1S/C18H29FN2/c1-5-11-20-15(4)18-16(19)7-6-8-17(18)21-12-13(2)9-10-14(21)3/h6-8,13-15,20H,5,9-12H2,1-4H3. The van der Waals surface area contributed by atoms with E-state index in [0.717, 1.165) is 30.8 Å². The largest absolute Gasteiger partial charge is 0.368 e. The lowest BCUT2D eigenvalue weighted by molar-refractivity contribution is 0.387. The Morgan fingerprint density at radius 2 is 2.10 bits per heavy atom. The monoisotopic (exact) mass is 292 g/mol. The molecule has 0 spiro atoms. The predicted molar refractivity (Wildman–Crippen MR) is 88.3 cm³/mol. The molecule has 1 aliphatic rings. The van der Waals surface area contributed by atoms with Gasteiger partial charge < -0.3 is 10.2 Å². The van der Waals surface area contributed by atoms with Crippen LogP contribution in [0.15, 0.2) is 18.2 Å². The van der Waals surface area contributed by atoms with Gasteiger partial charge in [0, 0.05) is 29.9 Å². The number of anilines is 1. The molecule has 118 valence electrons. The molecule has 0 saturated carbocycles. The summed E-state index contributed by atoms with van der Waals surface area (Å²) in [6.45, 7) is 10.7. The molecule has 0 aliphatic carbocycles. The Morgan fingerprint density at radius 3 is 2.81 bits per heavy atom. The second-order valence-corrected chi connectivity index (χ2v) is 6.53. The molecule has 1 aromatic rings. The van der Waals surface area contributed by atoms with E-state index in [1.165, 1.54) is 12.8 Å². The topological polar surface area (TPSA) is 15.3 Å². The van der Waals surface area contributed by atoms with Crippen LogP contribution < -0.4 is 10.2 Å². The van der Waals surface area contributed by atoms with Crippen molar-refractivity contribution < 1.29 is 4.39 Å². The summed E-state index contributed by atoms with van der Waals surface area (Å²) in [6, 6.07) is 6.04. The van der Waals surface area contributed by atoms with Gasteiger partial charge in [-0.2, -0.15) is 0 Å². The Kier molecular flexibility index (Phi) is 5.63. The molecule has 0 amide bonds. The van der Waals surface area contributed by atoms with Gasteiger partial charge in [-0.15, -0.1) is 0 Å². The molecule has 1 saturated heterocycles. The molecule has 21 heavy (non-hydrogen) atoms. The van der Waals surface area contributed by atoms with Crippen LogP contribution in [0.3, 0.4) is 0 Å². The van der Waals surface area contributed by atoms with E-state index in [1.54, 1.807) is 6.07 Å². The van der Waals surface area contributed by atoms with Crippen LogP contribution >= 0.6 is 0 Å². The Morgan fingerprint density at radius 1 is 1.33 bits per heavy atom. The first-order valence-corrected chi connectivity index (χ1v) is 8.33. The van der Waals surface area contributed by atoms with Gasteiger partial charge >= 0.3 is 0 Å². The van der Waals surface area contributed by atoms with Crippen LogP contribution in [0, 0.1) is 11.7 Å². The van der Waals surface area contributed by atoms with E-state index in [9.17, 15) is 4.39 Å². The van der Waals surface area contributed by atoms with Crippen LogP contribution in [-0.2, 0) is 0 Å². The van der Waals surface area contributed by atoms with Gasteiger partial charge in [0.05, 0.1) is 0 Å². The zero-order valence-electron chi connectivity index (χ0n) is 13.8. The van der Waals surface area contributed by atoms with Gasteiger partial charge in [0.25, 0.3) is 0 Å². The third-order valence-corrected chi connectivity index (χ3v) is 4.59. The lowest BCUT2D eigenvalue weighted by atomic mass is 9.93. The number of hydrogen-bond donors (Lipinski definition) is 1. The Balaban J connectivity index is 2.32. The number of benzene rings is 1. The molecule has 2 rings (SSSR count). The van der Waals surface area contributed by atoms with Gasteiger partial charge in [0.2, 0.25) is 0 Å². The molecule has 1 fully saturated rings. The van der Waals surface area contributed by atoms with Gasteiger partial charge in [-0.05, 0) is 57.7 Å². The fourth-order valence-corrected chi connectivity index (χ4v) is 3.29. The fraction of sp³-hybridized carbons (Fsp3) is 0.667. The van der Waals surface area contributed by atoms with Crippen molar-refractivity contribution in [2.45, 2.75) is 59.0 Å². The van der Waals surface area contributed by atoms with E-state index in [4.69, 9.17) is 0 Å². The molecule has 1 aromatic carbocycles. The van der Waals surface area contributed by atoms with Gasteiger partial charge in [-0.1, -0.05) is 19.9 Å². The highest BCUT2D eigenvalue weighted by molar-refractivity contribution is 5.56. The summed E-state index contributed by atoms with van der Waals surface area (Å²) in [6.07, 6.45) is 3.52. The predicted octanol–water partition coefficient (Wildman–Crippen LogP) is 4.51. The minimum atomic E-state index is -0.0889. The Hall–Kier alpha value is -1.09. The number of hydrogen-bond acceptors (Lipinski definition) is 2. The van der Waals surface area contributed by atoms with Crippen LogP contribution in [0.5, 0.6) is 0 Å². The summed E-state index contributed by atoms with van der Waals surface area (Å²) in [5.41, 5.74) is 1.90. The smallest absolute Gasteiger partial charge is 0.130 e. The summed E-state index contributed by atoms with van der Waals surface area (Å²) in [4.78, 5) is 2.40. The van der Waals surface area contributed by atoms with Crippen LogP contribution in [0.1, 0.15) is 58.6 Å². The normalized spacial score (nSPS) is 24.1. The van der Waals surface area contributed by atoms with Crippen LogP contribution in [-0.4, -0.2) is 19.1 Å². The van der Waals surface area contributed by atoms with Crippen molar-refractivity contribution in [1.29, 1.82) is 0 Å². The van der Waals surface area contributed by atoms with Crippen molar-refractivity contribution in [1.82, 2.24) is 5.32 Å². The van der Waals surface area contributed by atoms with Crippen molar-refractivity contribution in [3.8, 4) is 0 Å². The molecule has 1 N–H and O–H groups in total. The quantitative estimate of drug-likeness (QED) is 0.859. The molecule has 3 unspecified atom stereocenters. The molecule has 3 heteroatoms. The molecule has 0 radical (unpaired) electrons. The molecule has 1 heterocycles. The number of nitrogens with zero attached hydrogens (tertiary/aromatic N) is 1. The summed E-state index contributed by atoms with van der Waals surface area (Å²) in [7, 11) is 0. The molecular weight excluding hydrogens is 263 g/mol. The van der Waals surface area contributed by atoms with E-state index in [-0.39, 0.29) is 11.9 Å².